The number of aromatic nitrogens is 3. The molecule has 0 radical (unpaired) electrons. The number of nitrogens with zero attached hydrogens (tertiary/aromatic N) is 3. The Hall–Kier alpha value is -1.88. The molecule has 102 valence electrons. The lowest BCUT2D eigenvalue weighted by Crippen LogP contribution is -2.10. The highest BCUT2D eigenvalue weighted by Crippen LogP contribution is 2.16. The summed E-state index contributed by atoms with van der Waals surface area (Å²) >= 11 is 0. The minimum atomic E-state index is -0.0361. The summed E-state index contributed by atoms with van der Waals surface area (Å²) in [6, 6.07) is 7.93. The molecule has 1 aromatic heterocycles. The fourth-order valence-electron chi connectivity index (χ4n) is 1.77. The molecule has 0 saturated carbocycles. The smallest absolute Gasteiger partial charge is 0.122 e. The molecule has 1 unspecified atom stereocenters. The number of para-hydroxylation sites is 1. The highest BCUT2D eigenvalue weighted by atomic mass is 16.5. The summed E-state index contributed by atoms with van der Waals surface area (Å²) in [6.45, 7) is 5.29. The van der Waals surface area contributed by atoms with Crippen LogP contribution in [-0.4, -0.2) is 21.6 Å². The topological polar surface area (TPSA) is 66.0 Å². The van der Waals surface area contributed by atoms with Gasteiger partial charge in [-0.1, -0.05) is 30.3 Å². The van der Waals surface area contributed by atoms with Gasteiger partial charge in [0, 0.05) is 0 Å². The minimum Gasteiger partial charge on any atom is -0.491 e. The summed E-state index contributed by atoms with van der Waals surface area (Å²) in [5.41, 5.74) is 7.87. The first-order valence-electron chi connectivity index (χ1n) is 6.54. The highest BCUT2D eigenvalue weighted by Gasteiger charge is 2.08. The molecule has 1 aromatic carbocycles. The molecule has 0 fully saturated rings. The van der Waals surface area contributed by atoms with Crippen molar-refractivity contribution in [3.63, 3.8) is 0 Å². The Balaban J connectivity index is 1.86. The van der Waals surface area contributed by atoms with Crippen molar-refractivity contribution in [3.8, 4) is 5.75 Å². The fraction of sp³-hybridized carbons (Fsp3) is 0.429. The number of hydrogen-bond donors (Lipinski definition) is 1. The lowest BCUT2D eigenvalue weighted by atomic mass is 10.2. The number of nitrogens with two attached hydrogens (primary N) is 1. The third-order valence-electron chi connectivity index (χ3n) is 3.05. The molecule has 0 aliphatic carbocycles. The third kappa shape index (κ3) is 3.54. The summed E-state index contributed by atoms with van der Waals surface area (Å²) in [6.07, 6.45) is 2.74. The molecule has 1 atom stereocenters. The second-order valence-electron chi connectivity index (χ2n) is 4.54. The van der Waals surface area contributed by atoms with Crippen molar-refractivity contribution in [2.75, 3.05) is 6.61 Å². The molecular formula is C14H20N4O. The van der Waals surface area contributed by atoms with E-state index in [-0.39, 0.29) is 6.04 Å². The second-order valence-corrected chi connectivity index (χ2v) is 4.54. The molecule has 0 spiro atoms. The van der Waals surface area contributed by atoms with Gasteiger partial charge in [0.2, 0.25) is 0 Å². The first-order chi connectivity index (χ1) is 9.20. The van der Waals surface area contributed by atoms with Crippen molar-refractivity contribution >= 4 is 0 Å². The number of benzene rings is 1. The molecule has 0 saturated heterocycles. The van der Waals surface area contributed by atoms with E-state index < -0.39 is 0 Å². The van der Waals surface area contributed by atoms with Gasteiger partial charge in [-0.05, 0) is 25.0 Å². The summed E-state index contributed by atoms with van der Waals surface area (Å²) in [4.78, 5) is 0. The van der Waals surface area contributed by atoms with Gasteiger partial charge < -0.3 is 10.5 Å². The van der Waals surface area contributed by atoms with E-state index in [1.165, 1.54) is 0 Å². The third-order valence-corrected chi connectivity index (χ3v) is 3.05. The van der Waals surface area contributed by atoms with Crippen molar-refractivity contribution in [2.24, 2.45) is 5.73 Å². The Labute approximate surface area is 113 Å². The van der Waals surface area contributed by atoms with E-state index in [1.54, 1.807) is 4.68 Å². The van der Waals surface area contributed by atoms with Gasteiger partial charge >= 0.3 is 0 Å². The average molecular weight is 260 g/mol. The maximum Gasteiger partial charge on any atom is 0.122 e. The van der Waals surface area contributed by atoms with Gasteiger partial charge in [-0.3, -0.25) is 0 Å². The molecule has 2 aromatic rings. The quantitative estimate of drug-likeness (QED) is 0.863. The first kappa shape index (κ1) is 13.5. The maximum absolute atomic E-state index is 5.90. The predicted molar refractivity (Wildman–Crippen MR) is 73.9 cm³/mol. The summed E-state index contributed by atoms with van der Waals surface area (Å²) < 4.78 is 7.48. The molecule has 1 heterocycles. The first-order valence-corrected chi connectivity index (χ1v) is 6.54. The summed E-state index contributed by atoms with van der Waals surface area (Å²) in [5.74, 6) is 0.910. The van der Waals surface area contributed by atoms with E-state index in [0.717, 1.165) is 23.4 Å². The monoisotopic (exact) mass is 260 g/mol. The number of aryl methyl sites for hydroxylation is 1. The SMILES string of the molecule is CCC(N)c1cn(CCOc2ccccc2C)nn1. The van der Waals surface area contributed by atoms with Crippen LogP contribution < -0.4 is 10.5 Å². The van der Waals surface area contributed by atoms with Gasteiger partial charge in [0.15, 0.2) is 0 Å². The zero-order valence-electron chi connectivity index (χ0n) is 11.4. The lowest BCUT2D eigenvalue weighted by molar-refractivity contribution is 0.288. The molecule has 0 aliphatic heterocycles. The maximum atomic E-state index is 5.90. The summed E-state index contributed by atoms with van der Waals surface area (Å²) in [7, 11) is 0. The van der Waals surface area contributed by atoms with Crippen LogP contribution in [0, 0.1) is 6.92 Å². The van der Waals surface area contributed by atoms with E-state index in [2.05, 4.69) is 10.3 Å². The number of rotatable bonds is 6. The van der Waals surface area contributed by atoms with Crippen molar-refractivity contribution < 1.29 is 4.74 Å². The van der Waals surface area contributed by atoms with Crippen LogP contribution in [0.2, 0.25) is 0 Å². The minimum absolute atomic E-state index is 0.0361. The van der Waals surface area contributed by atoms with Crippen LogP contribution in [0.4, 0.5) is 0 Å². The van der Waals surface area contributed by atoms with Crippen LogP contribution >= 0.6 is 0 Å². The number of hydrogen-bond acceptors (Lipinski definition) is 4. The van der Waals surface area contributed by atoms with Crippen LogP contribution in [0.25, 0.3) is 0 Å². The standard InChI is InChI=1S/C14H20N4O/c1-3-12(15)13-10-18(17-16-13)8-9-19-14-7-5-4-6-11(14)2/h4-7,10,12H,3,8-9,15H2,1-2H3. The van der Waals surface area contributed by atoms with Crippen molar-refractivity contribution in [1.29, 1.82) is 0 Å². The Morgan fingerprint density at radius 3 is 2.89 bits per heavy atom. The van der Waals surface area contributed by atoms with E-state index >= 15 is 0 Å². The zero-order valence-corrected chi connectivity index (χ0v) is 11.4. The van der Waals surface area contributed by atoms with Crippen LogP contribution in [0.1, 0.15) is 30.6 Å². The average Bonchev–Trinajstić information content (AvgIpc) is 2.89. The Bertz CT molecular complexity index is 524. The molecule has 0 amide bonds. The van der Waals surface area contributed by atoms with Gasteiger partial charge in [-0.2, -0.15) is 0 Å². The molecule has 5 nitrogen and oxygen atoms in total. The largest absolute Gasteiger partial charge is 0.491 e. The Kier molecular flexibility index (Phi) is 4.52. The highest BCUT2D eigenvalue weighted by molar-refractivity contribution is 5.31. The van der Waals surface area contributed by atoms with E-state index in [0.29, 0.717) is 13.2 Å². The summed E-state index contributed by atoms with van der Waals surface area (Å²) in [5, 5.41) is 8.11. The van der Waals surface area contributed by atoms with Gasteiger partial charge in [-0.15, -0.1) is 5.10 Å². The van der Waals surface area contributed by atoms with Crippen LogP contribution in [0.5, 0.6) is 5.75 Å². The van der Waals surface area contributed by atoms with Crippen LogP contribution in [0.15, 0.2) is 30.5 Å². The lowest BCUT2D eigenvalue weighted by Gasteiger charge is -2.08. The fourth-order valence-corrected chi connectivity index (χ4v) is 1.77. The van der Waals surface area contributed by atoms with Gasteiger partial charge in [0.05, 0.1) is 24.5 Å². The van der Waals surface area contributed by atoms with Crippen LogP contribution in [0.3, 0.4) is 0 Å². The van der Waals surface area contributed by atoms with Gasteiger partial charge in [-0.25, -0.2) is 4.68 Å². The molecule has 19 heavy (non-hydrogen) atoms. The molecule has 2 rings (SSSR count). The Morgan fingerprint density at radius 1 is 1.37 bits per heavy atom. The normalized spacial score (nSPS) is 12.4. The van der Waals surface area contributed by atoms with Crippen LogP contribution in [-0.2, 0) is 6.54 Å². The second kappa shape index (κ2) is 6.33. The zero-order chi connectivity index (χ0) is 13.7. The predicted octanol–water partition coefficient (Wildman–Crippen LogP) is 2.08. The van der Waals surface area contributed by atoms with E-state index in [1.807, 2.05) is 44.3 Å². The molecule has 2 N–H and O–H groups in total. The van der Waals surface area contributed by atoms with Gasteiger partial charge in [0.1, 0.15) is 12.4 Å². The van der Waals surface area contributed by atoms with Crippen molar-refractivity contribution in [3.05, 3.63) is 41.7 Å². The van der Waals surface area contributed by atoms with Gasteiger partial charge in [0.25, 0.3) is 0 Å². The molecular weight excluding hydrogens is 240 g/mol. The molecule has 0 aliphatic rings. The van der Waals surface area contributed by atoms with Crippen molar-refractivity contribution in [1.82, 2.24) is 15.0 Å². The van der Waals surface area contributed by atoms with E-state index in [4.69, 9.17) is 10.5 Å². The molecule has 0 bridgehead atoms. The van der Waals surface area contributed by atoms with Crippen molar-refractivity contribution in [2.45, 2.75) is 32.9 Å². The molecule has 5 heteroatoms. The van der Waals surface area contributed by atoms with E-state index in [9.17, 15) is 0 Å². The number of ether oxygens (including phenoxy) is 1. The Morgan fingerprint density at radius 2 is 2.16 bits per heavy atom.